The average Bonchev–Trinajstić information content (AvgIpc) is 3.44. The van der Waals surface area contributed by atoms with Crippen molar-refractivity contribution in [2.75, 3.05) is 12.4 Å². The SMILES string of the molecule is COc1ccc(NC(=O)C(N)c2ccc(C)cc2)cc1-n1nnnc1C1CC1.Cl. The third kappa shape index (κ3) is 4.38. The minimum absolute atomic E-state index is 0. The van der Waals surface area contributed by atoms with Gasteiger partial charge in [-0.25, -0.2) is 0 Å². The van der Waals surface area contributed by atoms with Crippen LogP contribution < -0.4 is 15.8 Å². The van der Waals surface area contributed by atoms with Crippen molar-refractivity contribution in [3.63, 3.8) is 0 Å². The fourth-order valence-corrected chi connectivity index (χ4v) is 3.04. The maximum atomic E-state index is 12.6. The van der Waals surface area contributed by atoms with Crippen molar-refractivity contribution >= 4 is 24.0 Å². The molecule has 1 atom stereocenters. The summed E-state index contributed by atoms with van der Waals surface area (Å²) >= 11 is 0. The molecule has 152 valence electrons. The number of anilines is 1. The Morgan fingerprint density at radius 2 is 1.97 bits per heavy atom. The minimum atomic E-state index is -0.763. The van der Waals surface area contributed by atoms with Crippen LogP contribution in [0.1, 0.15) is 41.8 Å². The number of nitrogens with zero attached hydrogens (tertiary/aromatic N) is 4. The number of ether oxygens (including phenoxy) is 1. The molecule has 3 aromatic rings. The predicted octanol–water partition coefficient (Wildman–Crippen LogP) is 2.92. The van der Waals surface area contributed by atoms with Crippen LogP contribution in [0.15, 0.2) is 42.5 Å². The molecule has 1 aromatic heterocycles. The molecule has 3 N–H and O–H groups in total. The van der Waals surface area contributed by atoms with Gasteiger partial charge in [-0.1, -0.05) is 29.8 Å². The quantitative estimate of drug-likeness (QED) is 0.642. The van der Waals surface area contributed by atoms with Gasteiger partial charge in [0, 0.05) is 11.6 Å². The van der Waals surface area contributed by atoms with Crippen molar-refractivity contribution in [1.82, 2.24) is 20.2 Å². The summed E-state index contributed by atoms with van der Waals surface area (Å²) in [5.74, 6) is 1.50. The number of hydrogen-bond acceptors (Lipinski definition) is 6. The maximum Gasteiger partial charge on any atom is 0.245 e. The molecule has 2 aromatic carbocycles. The summed E-state index contributed by atoms with van der Waals surface area (Å²) in [7, 11) is 1.59. The number of halogens is 1. The topological polar surface area (TPSA) is 108 Å². The Balaban J connectivity index is 0.00000240. The van der Waals surface area contributed by atoms with E-state index in [0.29, 0.717) is 23.0 Å². The molecule has 1 heterocycles. The van der Waals surface area contributed by atoms with Gasteiger partial charge < -0.3 is 15.8 Å². The first-order valence-corrected chi connectivity index (χ1v) is 9.16. The van der Waals surface area contributed by atoms with Gasteiger partial charge in [0.2, 0.25) is 5.91 Å². The first-order chi connectivity index (χ1) is 13.6. The van der Waals surface area contributed by atoms with Crippen LogP contribution in [0.3, 0.4) is 0 Å². The van der Waals surface area contributed by atoms with E-state index in [-0.39, 0.29) is 18.3 Å². The van der Waals surface area contributed by atoms with Crippen LogP contribution in [0.5, 0.6) is 5.75 Å². The zero-order valence-electron chi connectivity index (χ0n) is 16.2. The summed E-state index contributed by atoms with van der Waals surface area (Å²) < 4.78 is 7.13. The molecule has 1 aliphatic carbocycles. The molecule has 8 nitrogen and oxygen atoms in total. The zero-order valence-corrected chi connectivity index (χ0v) is 17.0. The molecule has 0 bridgehead atoms. The van der Waals surface area contributed by atoms with E-state index in [1.54, 1.807) is 30.0 Å². The van der Waals surface area contributed by atoms with E-state index in [9.17, 15) is 4.79 Å². The minimum Gasteiger partial charge on any atom is -0.494 e. The Kier molecular flexibility index (Phi) is 6.14. The van der Waals surface area contributed by atoms with Crippen molar-refractivity contribution in [1.29, 1.82) is 0 Å². The van der Waals surface area contributed by atoms with Gasteiger partial charge in [-0.3, -0.25) is 4.79 Å². The third-order valence-electron chi connectivity index (χ3n) is 4.83. The van der Waals surface area contributed by atoms with Crippen molar-refractivity contribution in [3.05, 3.63) is 59.4 Å². The summed E-state index contributed by atoms with van der Waals surface area (Å²) in [4.78, 5) is 12.6. The highest BCUT2D eigenvalue weighted by atomic mass is 35.5. The molecule has 0 saturated heterocycles. The number of nitrogens with one attached hydrogen (secondary N) is 1. The van der Waals surface area contributed by atoms with Gasteiger partial charge in [0.1, 0.15) is 17.5 Å². The molecular weight excluding hydrogens is 392 g/mol. The first kappa shape index (κ1) is 20.8. The lowest BCUT2D eigenvalue weighted by atomic mass is 10.1. The molecular formula is C20H23ClN6O2. The van der Waals surface area contributed by atoms with Gasteiger partial charge in [-0.15, -0.1) is 17.5 Å². The third-order valence-corrected chi connectivity index (χ3v) is 4.83. The summed E-state index contributed by atoms with van der Waals surface area (Å²) in [5.41, 5.74) is 9.27. The number of methoxy groups -OCH3 is 1. The molecule has 0 spiro atoms. The van der Waals surface area contributed by atoms with Crippen LogP contribution in [-0.4, -0.2) is 33.2 Å². The highest BCUT2D eigenvalue weighted by molar-refractivity contribution is 5.95. The van der Waals surface area contributed by atoms with Crippen molar-refractivity contribution in [3.8, 4) is 11.4 Å². The Morgan fingerprint density at radius 3 is 2.62 bits per heavy atom. The van der Waals surface area contributed by atoms with Gasteiger partial charge in [0.05, 0.1) is 7.11 Å². The highest BCUT2D eigenvalue weighted by Gasteiger charge is 2.30. The number of carbonyl (C=O) groups excluding carboxylic acids is 1. The van der Waals surface area contributed by atoms with E-state index >= 15 is 0 Å². The summed E-state index contributed by atoms with van der Waals surface area (Å²) in [6.07, 6.45) is 2.15. The van der Waals surface area contributed by atoms with Gasteiger partial charge >= 0.3 is 0 Å². The molecule has 0 aliphatic heterocycles. The van der Waals surface area contributed by atoms with E-state index in [1.165, 1.54) is 0 Å². The monoisotopic (exact) mass is 414 g/mol. The van der Waals surface area contributed by atoms with E-state index in [0.717, 1.165) is 29.8 Å². The first-order valence-electron chi connectivity index (χ1n) is 9.16. The van der Waals surface area contributed by atoms with Gasteiger partial charge in [0.15, 0.2) is 5.82 Å². The molecule has 1 unspecified atom stereocenters. The van der Waals surface area contributed by atoms with Gasteiger partial charge in [-0.05, 0) is 54.0 Å². The lowest BCUT2D eigenvalue weighted by Crippen LogP contribution is -2.27. The molecule has 29 heavy (non-hydrogen) atoms. The van der Waals surface area contributed by atoms with E-state index in [4.69, 9.17) is 10.5 Å². The predicted molar refractivity (Wildman–Crippen MR) is 112 cm³/mol. The molecule has 1 aliphatic rings. The molecule has 0 radical (unpaired) electrons. The highest BCUT2D eigenvalue weighted by Crippen LogP contribution is 2.40. The standard InChI is InChI=1S/C20H22N6O2.ClH/c1-12-3-5-13(6-4-12)18(21)20(27)22-15-9-10-17(28-2)16(11-15)26-19(14-7-8-14)23-24-25-26;/h3-6,9-11,14,18H,7-8,21H2,1-2H3,(H,22,27);1H. The van der Waals surface area contributed by atoms with Crippen LogP contribution in [-0.2, 0) is 4.79 Å². The second-order valence-corrected chi connectivity index (χ2v) is 6.99. The second kappa shape index (κ2) is 8.59. The number of rotatable bonds is 6. The van der Waals surface area contributed by atoms with Gasteiger partial charge in [0.25, 0.3) is 0 Å². The fourth-order valence-electron chi connectivity index (χ4n) is 3.04. The van der Waals surface area contributed by atoms with Crippen LogP contribution >= 0.6 is 12.4 Å². The number of benzene rings is 2. The summed E-state index contributed by atoms with van der Waals surface area (Å²) in [6, 6.07) is 12.2. The second-order valence-electron chi connectivity index (χ2n) is 6.99. The molecule has 4 rings (SSSR count). The van der Waals surface area contributed by atoms with Crippen LogP contribution in [0.4, 0.5) is 5.69 Å². The molecule has 9 heteroatoms. The number of tetrazole rings is 1. The maximum absolute atomic E-state index is 12.6. The summed E-state index contributed by atoms with van der Waals surface area (Å²) in [5, 5.41) is 14.9. The normalized spacial score (nSPS) is 14.0. The lowest BCUT2D eigenvalue weighted by Gasteiger charge is -2.15. The fraction of sp³-hybridized carbons (Fsp3) is 0.300. The lowest BCUT2D eigenvalue weighted by molar-refractivity contribution is -0.117. The number of amides is 1. The van der Waals surface area contributed by atoms with E-state index < -0.39 is 6.04 Å². The van der Waals surface area contributed by atoms with Crippen molar-refractivity contribution < 1.29 is 9.53 Å². The van der Waals surface area contributed by atoms with Gasteiger partial charge in [-0.2, -0.15) is 4.68 Å². The molecule has 1 fully saturated rings. The van der Waals surface area contributed by atoms with E-state index in [2.05, 4.69) is 20.8 Å². The van der Waals surface area contributed by atoms with Crippen molar-refractivity contribution in [2.24, 2.45) is 5.73 Å². The number of carbonyl (C=O) groups is 1. The Morgan fingerprint density at radius 1 is 1.24 bits per heavy atom. The molecule has 1 saturated carbocycles. The zero-order chi connectivity index (χ0) is 19.7. The van der Waals surface area contributed by atoms with Crippen LogP contribution in [0.25, 0.3) is 5.69 Å². The Hall–Kier alpha value is -2.97. The Bertz CT molecular complexity index is 1000. The molecule has 1 amide bonds. The van der Waals surface area contributed by atoms with Crippen LogP contribution in [0, 0.1) is 6.92 Å². The average molecular weight is 415 g/mol. The van der Waals surface area contributed by atoms with Crippen molar-refractivity contribution in [2.45, 2.75) is 31.7 Å². The number of hydrogen-bond donors (Lipinski definition) is 2. The van der Waals surface area contributed by atoms with E-state index in [1.807, 2.05) is 31.2 Å². The number of aryl methyl sites for hydroxylation is 1. The Labute approximate surface area is 174 Å². The number of nitrogens with two attached hydrogens (primary N) is 1. The summed E-state index contributed by atoms with van der Waals surface area (Å²) in [6.45, 7) is 1.99. The smallest absolute Gasteiger partial charge is 0.245 e. The van der Waals surface area contributed by atoms with Crippen LogP contribution in [0.2, 0.25) is 0 Å². The number of aromatic nitrogens is 4. The largest absolute Gasteiger partial charge is 0.494 e.